The van der Waals surface area contributed by atoms with Crippen LogP contribution in [0.1, 0.15) is 0 Å². The standard InChI is InChI=1S/4C13H9.2C2H6Si.2ClH.2Hf/c4*1-3-7-12-10(5-1)9-11-6-2-4-8-13(11)12;2*1-3-2;;;;/h4*1-9H;2*1-2H3;2*1H;;/q4*-1;;;;;;/p-2. The van der Waals surface area contributed by atoms with Crippen molar-refractivity contribution < 1.29 is 76.5 Å². The summed E-state index contributed by atoms with van der Waals surface area (Å²) in [7, 11) is 2.17. The zero-order valence-corrected chi connectivity index (χ0v) is 46.2. The van der Waals surface area contributed by atoms with Crippen LogP contribution in [0.2, 0.25) is 26.2 Å². The van der Waals surface area contributed by atoms with Crippen molar-refractivity contribution in [2.24, 2.45) is 0 Å². The Balaban J connectivity index is 0.000000207. The second-order valence-electron chi connectivity index (χ2n) is 14.3. The van der Waals surface area contributed by atoms with Crippen LogP contribution in [-0.2, 0) is 51.7 Å². The van der Waals surface area contributed by atoms with E-state index >= 15 is 0 Å². The fourth-order valence-electron chi connectivity index (χ4n) is 7.62. The summed E-state index contributed by atoms with van der Waals surface area (Å²) in [6.45, 7) is 8.61. The van der Waals surface area contributed by atoms with E-state index in [1.807, 2.05) is 0 Å². The Morgan fingerprint density at radius 2 is 0.323 bits per heavy atom. The number of hydrogen-bond acceptors (Lipinski definition) is 0. The third-order valence-corrected chi connectivity index (χ3v) is 10.1. The van der Waals surface area contributed by atoms with Crippen LogP contribution < -0.4 is 24.8 Å². The van der Waals surface area contributed by atoms with Gasteiger partial charge in [-0.1, -0.05) is 172 Å². The molecule has 308 valence electrons. The molecule has 0 aliphatic carbocycles. The second kappa shape index (κ2) is 26.6. The van der Waals surface area contributed by atoms with Crippen LogP contribution in [0.25, 0.3) is 86.2 Å². The summed E-state index contributed by atoms with van der Waals surface area (Å²) in [6, 6.07) is 77.1. The first-order valence-electron chi connectivity index (χ1n) is 19.9. The fourth-order valence-corrected chi connectivity index (χ4v) is 7.62. The van der Waals surface area contributed by atoms with Gasteiger partial charge in [0.25, 0.3) is 0 Å². The molecule has 0 aliphatic heterocycles. The van der Waals surface area contributed by atoms with Gasteiger partial charge in [-0.3, -0.25) is 0 Å². The molecule has 0 spiro atoms. The van der Waals surface area contributed by atoms with Crippen LogP contribution in [0.15, 0.2) is 218 Å². The number of fused-ring (bicyclic) bond motifs is 12. The topological polar surface area (TPSA) is 0 Å². The van der Waals surface area contributed by atoms with E-state index in [2.05, 4.69) is 245 Å². The maximum absolute atomic E-state index is 2.24. The third kappa shape index (κ3) is 12.6. The van der Waals surface area contributed by atoms with E-state index in [-0.39, 0.29) is 76.5 Å². The molecule has 62 heavy (non-hydrogen) atoms. The molecule has 0 heterocycles. The monoisotopic (exact) mass is 1210 g/mol. The molecule has 0 saturated carbocycles. The van der Waals surface area contributed by atoms with Gasteiger partial charge in [0.05, 0.1) is 0 Å². The van der Waals surface area contributed by atoms with E-state index in [0.29, 0.717) is 0 Å². The van der Waals surface area contributed by atoms with Gasteiger partial charge in [-0.25, -0.2) is 0 Å². The number of rotatable bonds is 0. The van der Waals surface area contributed by atoms with E-state index in [1.165, 1.54) is 86.2 Å². The molecular weight excluding hydrogens is 1160 g/mol. The molecule has 0 fully saturated rings. The van der Waals surface area contributed by atoms with E-state index in [4.69, 9.17) is 0 Å². The molecule has 12 aromatic carbocycles. The summed E-state index contributed by atoms with van der Waals surface area (Å²) in [5, 5.41) is 21.6. The van der Waals surface area contributed by atoms with Gasteiger partial charge in [-0.15, -0.1) is 159 Å². The average molecular weight is 1210 g/mol. The van der Waals surface area contributed by atoms with Crippen LogP contribution in [0.3, 0.4) is 0 Å². The predicted molar refractivity (Wildman–Crippen MR) is 263 cm³/mol. The Bertz CT molecular complexity index is 2530. The predicted octanol–water partition coefficient (Wildman–Crippen LogP) is 10.4. The molecule has 0 saturated heterocycles. The van der Waals surface area contributed by atoms with E-state index in [1.54, 1.807) is 0 Å². The summed E-state index contributed by atoms with van der Waals surface area (Å²) in [5.74, 6) is 0. The first-order chi connectivity index (χ1) is 28.6. The Labute approximate surface area is 422 Å². The molecule has 0 aromatic heterocycles. The van der Waals surface area contributed by atoms with Crippen molar-refractivity contribution in [3.8, 4) is 0 Å². The van der Waals surface area contributed by atoms with Gasteiger partial charge in [-0.05, 0) is 0 Å². The van der Waals surface area contributed by atoms with Crippen molar-refractivity contribution in [1.29, 1.82) is 0 Å². The maximum atomic E-state index is 2.24. The molecule has 0 amide bonds. The molecule has 0 nitrogen and oxygen atoms in total. The Kier molecular flexibility index (Phi) is 22.4. The maximum Gasteiger partial charge on any atom is 0.0307 e. The van der Waals surface area contributed by atoms with Crippen molar-refractivity contribution in [2.45, 2.75) is 26.2 Å². The van der Waals surface area contributed by atoms with Gasteiger partial charge in [0, 0.05) is 70.7 Å². The molecule has 0 aliphatic rings. The van der Waals surface area contributed by atoms with Crippen LogP contribution in [-0.4, -0.2) is 19.0 Å². The first kappa shape index (κ1) is 52.3. The molecule has 12 aromatic rings. The van der Waals surface area contributed by atoms with Crippen molar-refractivity contribution >= 4 is 105 Å². The minimum Gasteiger partial charge on any atom is -1.00 e. The first-order valence-corrected chi connectivity index (χ1v) is 23.9. The minimum absolute atomic E-state index is 0. The Morgan fingerprint density at radius 3 is 0.435 bits per heavy atom. The number of benzene rings is 8. The van der Waals surface area contributed by atoms with Crippen LogP contribution >= 0.6 is 0 Å². The third-order valence-electron chi connectivity index (χ3n) is 10.1. The summed E-state index contributed by atoms with van der Waals surface area (Å²) < 4.78 is 0. The molecule has 0 N–H and O–H groups in total. The van der Waals surface area contributed by atoms with Gasteiger partial charge >= 0.3 is 0 Å². The average Bonchev–Trinajstić information content (AvgIpc) is 4.05. The van der Waals surface area contributed by atoms with E-state index in [9.17, 15) is 0 Å². The fraction of sp³-hybridized carbons (Fsp3) is 0.0714. The van der Waals surface area contributed by atoms with Crippen molar-refractivity contribution in [3.63, 3.8) is 0 Å². The molecule has 0 bridgehead atoms. The SMILES string of the molecule is C[Si]C.C[Si]C.[Cl-].[Cl-].[Hf].[Hf].c1ccc2c(c1)[cH-]c1ccccc12.c1ccc2c(c1)[cH-]c1ccccc12.c1ccc2c(c1)[cH-]c1ccccc12.c1ccc2c(c1)[cH-]c1ccccc12. The van der Waals surface area contributed by atoms with E-state index < -0.39 is 0 Å². The zero-order chi connectivity index (χ0) is 40.1. The summed E-state index contributed by atoms with van der Waals surface area (Å²) >= 11 is 0. The quantitative estimate of drug-likeness (QED) is 0.105. The zero-order valence-electron chi connectivity index (χ0n) is 35.5. The van der Waals surface area contributed by atoms with Gasteiger partial charge in [-0.2, -0.15) is 0 Å². The Morgan fingerprint density at radius 1 is 0.226 bits per heavy atom. The molecule has 12 rings (SSSR count). The Hall–Kier alpha value is -4.01. The smallest absolute Gasteiger partial charge is 0.0307 e. The van der Waals surface area contributed by atoms with Crippen molar-refractivity contribution in [1.82, 2.24) is 0 Å². The molecule has 0 unspecified atom stereocenters. The van der Waals surface area contributed by atoms with Gasteiger partial charge in [0.2, 0.25) is 0 Å². The molecular formula is C56H48Cl2Hf2Si2-6. The van der Waals surface area contributed by atoms with Gasteiger partial charge in [0.15, 0.2) is 0 Å². The van der Waals surface area contributed by atoms with Crippen molar-refractivity contribution in [2.75, 3.05) is 0 Å². The number of hydrogen-bond donors (Lipinski definition) is 0. The minimum atomic E-state index is 0. The van der Waals surface area contributed by atoms with Gasteiger partial charge < -0.3 is 24.8 Å². The molecule has 0 atom stereocenters. The molecule has 4 radical (unpaired) electrons. The number of halogens is 2. The van der Waals surface area contributed by atoms with Crippen LogP contribution in [0.5, 0.6) is 0 Å². The largest absolute Gasteiger partial charge is 1.00 e. The van der Waals surface area contributed by atoms with Crippen LogP contribution in [0.4, 0.5) is 0 Å². The normalized spacial score (nSPS) is 9.87. The van der Waals surface area contributed by atoms with Gasteiger partial charge in [0.1, 0.15) is 0 Å². The molecule has 6 heteroatoms. The summed E-state index contributed by atoms with van der Waals surface area (Å²) in [4.78, 5) is 0. The summed E-state index contributed by atoms with van der Waals surface area (Å²) in [6.07, 6.45) is 0. The van der Waals surface area contributed by atoms with Crippen molar-refractivity contribution in [3.05, 3.63) is 218 Å². The van der Waals surface area contributed by atoms with E-state index in [0.717, 1.165) is 19.0 Å². The summed E-state index contributed by atoms with van der Waals surface area (Å²) in [5.41, 5.74) is 0. The van der Waals surface area contributed by atoms with Crippen LogP contribution in [0, 0.1) is 0 Å². The second-order valence-corrected chi connectivity index (χ2v) is 16.3.